The molecule has 0 fully saturated rings. The number of nitrogens with zero attached hydrogens (tertiary/aromatic N) is 1. The standard InChI is InChI=1S/C31H35NO3Si/c1-20(2)36(21(3)4,22(5)6)28-19-35-30(25-10-8-23(18-32)9-11-25)29(28)31-27(16-17-34-31)24-12-14-26(33-7)15-13-24/h8-17,19-22H,1-7H3. The van der Waals surface area contributed by atoms with Crippen LogP contribution in [0, 0.1) is 11.3 Å². The van der Waals surface area contributed by atoms with Crippen molar-refractivity contribution in [3.05, 3.63) is 72.7 Å². The van der Waals surface area contributed by atoms with Gasteiger partial charge < -0.3 is 13.6 Å². The average Bonchev–Trinajstić information content (AvgIpc) is 3.51. The van der Waals surface area contributed by atoms with Crippen molar-refractivity contribution in [3.8, 4) is 45.6 Å². The Morgan fingerprint density at radius 3 is 1.86 bits per heavy atom. The quantitative estimate of drug-likeness (QED) is 0.229. The van der Waals surface area contributed by atoms with Gasteiger partial charge in [0.05, 0.1) is 44.9 Å². The maximum absolute atomic E-state index is 9.31. The predicted molar refractivity (Wildman–Crippen MR) is 149 cm³/mol. The third-order valence-electron chi connectivity index (χ3n) is 7.69. The van der Waals surface area contributed by atoms with Crippen molar-refractivity contribution in [2.45, 2.75) is 58.2 Å². The first-order valence-corrected chi connectivity index (χ1v) is 14.8. The van der Waals surface area contributed by atoms with E-state index in [1.807, 2.05) is 48.7 Å². The largest absolute Gasteiger partial charge is 0.497 e. The van der Waals surface area contributed by atoms with Crippen LogP contribution in [-0.4, -0.2) is 15.2 Å². The first-order chi connectivity index (χ1) is 17.2. The molecule has 4 rings (SSSR count). The summed E-state index contributed by atoms with van der Waals surface area (Å²) in [6.45, 7) is 14.1. The molecule has 36 heavy (non-hydrogen) atoms. The summed E-state index contributed by atoms with van der Waals surface area (Å²) in [5.41, 5.74) is 6.19. The Morgan fingerprint density at radius 1 is 0.750 bits per heavy atom. The molecule has 0 aliphatic rings. The molecule has 5 heteroatoms. The molecule has 0 aliphatic carbocycles. The van der Waals surface area contributed by atoms with Crippen LogP contribution in [0.25, 0.3) is 33.8 Å². The molecule has 186 valence electrons. The lowest BCUT2D eigenvalue weighted by molar-refractivity contribution is 0.415. The number of ether oxygens (including phenoxy) is 1. The number of rotatable bonds is 8. The highest BCUT2D eigenvalue weighted by Gasteiger charge is 2.48. The lowest BCUT2D eigenvalue weighted by Crippen LogP contribution is -2.55. The minimum Gasteiger partial charge on any atom is -0.497 e. The molecule has 0 N–H and O–H groups in total. The normalized spacial score (nSPS) is 11.9. The Kier molecular flexibility index (Phi) is 7.28. The fourth-order valence-corrected chi connectivity index (χ4v) is 13.0. The molecular weight excluding hydrogens is 462 g/mol. The van der Waals surface area contributed by atoms with E-state index in [1.54, 1.807) is 13.4 Å². The molecule has 0 radical (unpaired) electrons. The summed E-state index contributed by atoms with van der Waals surface area (Å²) < 4.78 is 18.1. The number of benzene rings is 2. The van der Waals surface area contributed by atoms with Gasteiger partial charge in [0.25, 0.3) is 0 Å². The minimum absolute atomic E-state index is 0.502. The lowest BCUT2D eigenvalue weighted by atomic mass is 9.99. The summed E-state index contributed by atoms with van der Waals surface area (Å²) in [6.07, 6.45) is 3.76. The fourth-order valence-electron chi connectivity index (χ4n) is 6.24. The summed E-state index contributed by atoms with van der Waals surface area (Å²) in [4.78, 5) is 0. The zero-order valence-electron chi connectivity index (χ0n) is 22.3. The molecule has 0 bridgehead atoms. The van der Waals surface area contributed by atoms with E-state index in [0.717, 1.165) is 39.5 Å². The predicted octanol–water partition coefficient (Wildman–Crippen LogP) is 8.64. The molecule has 0 spiro atoms. The van der Waals surface area contributed by atoms with Crippen molar-refractivity contribution in [3.63, 3.8) is 0 Å². The average molecular weight is 498 g/mol. The van der Waals surface area contributed by atoms with Gasteiger partial charge in [0, 0.05) is 11.1 Å². The minimum atomic E-state index is -2.10. The van der Waals surface area contributed by atoms with Gasteiger partial charge in [-0.2, -0.15) is 5.26 Å². The number of nitriles is 1. The van der Waals surface area contributed by atoms with Crippen LogP contribution in [0.2, 0.25) is 16.6 Å². The van der Waals surface area contributed by atoms with Gasteiger partial charge in [-0.3, -0.25) is 0 Å². The summed E-state index contributed by atoms with van der Waals surface area (Å²) in [6, 6.07) is 19.9. The van der Waals surface area contributed by atoms with Crippen LogP contribution in [0.1, 0.15) is 47.1 Å². The van der Waals surface area contributed by atoms with Gasteiger partial charge in [-0.15, -0.1) is 0 Å². The second-order valence-electron chi connectivity index (χ2n) is 10.3. The molecule has 0 amide bonds. The SMILES string of the molecule is COc1ccc(-c2ccoc2-c2c([Si](C(C)C)(C(C)C)C(C)C)coc2-c2ccc(C#N)cc2)cc1. The fraction of sp³-hybridized carbons (Fsp3) is 0.323. The Balaban J connectivity index is 2.03. The third kappa shape index (κ3) is 4.20. The first-order valence-electron chi connectivity index (χ1n) is 12.6. The van der Waals surface area contributed by atoms with Crippen LogP contribution in [0.4, 0.5) is 0 Å². The topological polar surface area (TPSA) is 59.3 Å². The second kappa shape index (κ2) is 10.2. The molecule has 2 aromatic carbocycles. The van der Waals surface area contributed by atoms with Crippen LogP contribution in [0.3, 0.4) is 0 Å². The maximum Gasteiger partial charge on any atom is 0.145 e. The molecule has 0 saturated heterocycles. The molecule has 0 atom stereocenters. The Hall–Kier alpha value is -3.49. The molecule has 0 unspecified atom stereocenters. The van der Waals surface area contributed by atoms with E-state index < -0.39 is 8.07 Å². The number of methoxy groups -OCH3 is 1. The van der Waals surface area contributed by atoms with Crippen molar-refractivity contribution < 1.29 is 13.6 Å². The van der Waals surface area contributed by atoms with Gasteiger partial charge in [-0.05, 0) is 69.8 Å². The lowest BCUT2D eigenvalue weighted by Gasteiger charge is -2.43. The highest BCUT2D eigenvalue weighted by Crippen LogP contribution is 2.47. The van der Waals surface area contributed by atoms with E-state index in [0.29, 0.717) is 22.2 Å². The third-order valence-corrected chi connectivity index (χ3v) is 14.7. The summed E-state index contributed by atoms with van der Waals surface area (Å²) in [5.74, 6) is 2.43. The zero-order valence-corrected chi connectivity index (χ0v) is 23.3. The van der Waals surface area contributed by atoms with Crippen molar-refractivity contribution in [2.24, 2.45) is 0 Å². The molecule has 0 aliphatic heterocycles. The Bertz CT molecular complexity index is 1330. The van der Waals surface area contributed by atoms with E-state index in [1.165, 1.54) is 5.19 Å². The molecule has 4 aromatic rings. The first kappa shape index (κ1) is 25.6. The molecule has 2 heterocycles. The zero-order chi connectivity index (χ0) is 26.0. The van der Waals surface area contributed by atoms with E-state index >= 15 is 0 Å². The highest BCUT2D eigenvalue weighted by atomic mass is 28.3. The monoisotopic (exact) mass is 497 g/mol. The Labute approximate surface area is 215 Å². The highest BCUT2D eigenvalue weighted by molar-refractivity contribution is 6.96. The smallest absolute Gasteiger partial charge is 0.145 e. The number of furan rings is 2. The van der Waals surface area contributed by atoms with Gasteiger partial charge in [-0.25, -0.2) is 0 Å². The second-order valence-corrected chi connectivity index (χ2v) is 16.2. The van der Waals surface area contributed by atoms with Gasteiger partial charge in [-0.1, -0.05) is 53.7 Å². The van der Waals surface area contributed by atoms with Crippen LogP contribution in [-0.2, 0) is 0 Å². The van der Waals surface area contributed by atoms with E-state index in [-0.39, 0.29) is 0 Å². The summed E-state index contributed by atoms with van der Waals surface area (Å²) in [5, 5.41) is 10.6. The van der Waals surface area contributed by atoms with Gasteiger partial charge in [0.2, 0.25) is 0 Å². The molecule has 2 aromatic heterocycles. The summed E-state index contributed by atoms with van der Waals surface area (Å²) >= 11 is 0. The van der Waals surface area contributed by atoms with Crippen molar-refractivity contribution in [1.82, 2.24) is 0 Å². The van der Waals surface area contributed by atoms with Crippen molar-refractivity contribution in [1.29, 1.82) is 5.26 Å². The molecular formula is C31H35NO3Si. The van der Waals surface area contributed by atoms with Crippen molar-refractivity contribution in [2.75, 3.05) is 7.11 Å². The van der Waals surface area contributed by atoms with E-state index in [2.05, 4.69) is 59.7 Å². The van der Waals surface area contributed by atoms with Gasteiger partial charge in [0.15, 0.2) is 0 Å². The van der Waals surface area contributed by atoms with Crippen LogP contribution in [0.5, 0.6) is 5.75 Å². The Morgan fingerprint density at radius 2 is 1.33 bits per heavy atom. The van der Waals surface area contributed by atoms with Crippen LogP contribution in [0.15, 0.2) is 76.0 Å². The van der Waals surface area contributed by atoms with Crippen LogP contribution >= 0.6 is 0 Å². The number of hydrogen-bond acceptors (Lipinski definition) is 4. The number of hydrogen-bond donors (Lipinski definition) is 0. The van der Waals surface area contributed by atoms with Gasteiger partial charge >= 0.3 is 0 Å². The van der Waals surface area contributed by atoms with Gasteiger partial charge in [0.1, 0.15) is 17.3 Å². The van der Waals surface area contributed by atoms with E-state index in [4.69, 9.17) is 13.6 Å². The summed E-state index contributed by atoms with van der Waals surface area (Å²) in [7, 11) is -0.424. The van der Waals surface area contributed by atoms with Crippen LogP contribution < -0.4 is 9.92 Å². The van der Waals surface area contributed by atoms with E-state index in [9.17, 15) is 5.26 Å². The maximum atomic E-state index is 9.31. The molecule has 0 saturated carbocycles. The van der Waals surface area contributed by atoms with Crippen molar-refractivity contribution >= 4 is 13.3 Å². The molecule has 4 nitrogen and oxygen atoms in total.